The first-order chi connectivity index (χ1) is 7.64. The zero-order chi connectivity index (χ0) is 13.4. The van der Waals surface area contributed by atoms with Crippen LogP contribution in [-0.4, -0.2) is 22.8 Å². The fourth-order valence-electron chi connectivity index (χ4n) is 0.989. The fourth-order valence-corrected chi connectivity index (χ4v) is 2.04. The summed E-state index contributed by atoms with van der Waals surface area (Å²) in [6, 6.07) is 0.842. The minimum Gasteiger partial charge on any atom is -0.744 e. The first-order valence-electron chi connectivity index (χ1n) is 3.73. The van der Waals surface area contributed by atoms with E-state index < -0.39 is 41.3 Å². The number of hydrogen-bond donors (Lipinski definition) is 0. The maximum Gasteiger partial charge on any atom is 1.00 e. The Kier molecular flexibility index (Phi) is 5.27. The van der Waals surface area contributed by atoms with Crippen molar-refractivity contribution in [2.24, 2.45) is 0 Å². The van der Waals surface area contributed by atoms with Crippen LogP contribution in [0, 0.1) is 20.2 Å². The summed E-state index contributed by atoms with van der Waals surface area (Å²) in [7, 11) is -5.14. The van der Waals surface area contributed by atoms with Crippen molar-refractivity contribution in [2.75, 3.05) is 0 Å². The molecule has 1 rings (SSSR count). The number of nitro benzene ring substituents is 2. The van der Waals surface area contributed by atoms with E-state index in [-0.39, 0.29) is 18.9 Å². The molecule has 0 aliphatic rings. The Labute approximate surface area is 117 Å². The predicted molar refractivity (Wildman–Crippen MR) is 52.7 cm³/mol. The van der Waals surface area contributed by atoms with Gasteiger partial charge in [0.25, 0.3) is 11.4 Å². The first kappa shape index (κ1) is 16.8. The average Bonchev–Trinajstić information content (AvgIpc) is 2.15. The molecule has 1 aromatic carbocycles. The minimum atomic E-state index is -5.14. The van der Waals surface area contributed by atoms with E-state index >= 15 is 0 Å². The van der Waals surface area contributed by atoms with Gasteiger partial charge in [0, 0.05) is 6.07 Å². The zero-order valence-electron chi connectivity index (χ0n) is 8.69. The molecule has 9 nitrogen and oxygen atoms in total. The first-order valence-corrected chi connectivity index (χ1v) is 5.51. The van der Waals surface area contributed by atoms with E-state index in [4.69, 9.17) is 11.6 Å². The third-order valence-electron chi connectivity index (χ3n) is 1.68. The summed E-state index contributed by atoms with van der Waals surface area (Å²) in [5.41, 5.74) is -1.93. The summed E-state index contributed by atoms with van der Waals surface area (Å²) in [5.74, 6) is 0. The van der Waals surface area contributed by atoms with Crippen molar-refractivity contribution in [3.8, 4) is 0 Å². The van der Waals surface area contributed by atoms with Gasteiger partial charge in [-0.15, -0.1) is 0 Å². The standard InChI is InChI=1S/C6H3ClN2O7S.Li/c7-6-4(9(12)13)1-3(8(10)11)2-5(6)17(14,15)16;/h1-2H,(H,14,15,16);/q;+1/p-1. The molecule has 0 aromatic heterocycles. The summed E-state index contributed by atoms with van der Waals surface area (Å²) in [6.45, 7) is 0. The van der Waals surface area contributed by atoms with Gasteiger partial charge in [0.05, 0.1) is 20.8 Å². The molecule has 1 aromatic rings. The van der Waals surface area contributed by atoms with Gasteiger partial charge in [-0.25, -0.2) is 8.42 Å². The quantitative estimate of drug-likeness (QED) is 0.272. The molecule has 0 unspecified atom stereocenters. The Morgan fingerprint density at radius 2 is 1.61 bits per heavy atom. The van der Waals surface area contributed by atoms with Crippen LogP contribution in [0.2, 0.25) is 5.02 Å². The number of hydrogen-bond acceptors (Lipinski definition) is 7. The number of benzene rings is 1. The fraction of sp³-hybridized carbons (Fsp3) is 0. The van der Waals surface area contributed by atoms with E-state index in [1.54, 1.807) is 0 Å². The molecule has 0 saturated carbocycles. The molecule has 0 radical (unpaired) electrons. The van der Waals surface area contributed by atoms with E-state index in [9.17, 15) is 33.2 Å². The molecule has 0 aliphatic heterocycles. The van der Waals surface area contributed by atoms with Crippen molar-refractivity contribution in [1.82, 2.24) is 0 Å². The summed E-state index contributed by atoms with van der Waals surface area (Å²) >= 11 is 5.32. The molecule has 0 amide bonds. The number of nitrogens with zero attached hydrogens (tertiary/aromatic N) is 2. The van der Waals surface area contributed by atoms with E-state index in [1.165, 1.54) is 0 Å². The Balaban J connectivity index is 0.00000289. The van der Waals surface area contributed by atoms with Crippen molar-refractivity contribution in [1.29, 1.82) is 0 Å². The van der Waals surface area contributed by atoms with Crippen LogP contribution in [0.3, 0.4) is 0 Å². The maximum absolute atomic E-state index is 10.7. The third-order valence-corrected chi connectivity index (χ3v) is 3.05. The molecular weight excluding hydrogens is 287 g/mol. The van der Waals surface area contributed by atoms with Crippen LogP contribution in [0.5, 0.6) is 0 Å². The second-order valence-corrected chi connectivity index (χ2v) is 4.47. The molecule has 0 fully saturated rings. The van der Waals surface area contributed by atoms with Crippen molar-refractivity contribution >= 4 is 33.1 Å². The van der Waals surface area contributed by atoms with E-state index in [2.05, 4.69) is 0 Å². The molecule has 12 heteroatoms. The van der Waals surface area contributed by atoms with E-state index in [1.807, 2.05) is 0 Å². The van der Waals surface area contributed by atoms with Crippen LogP contribution in [0.25, 0.3) is 0 Å². The summed E-state index contributed by atoms with van der Waals surface area (Å²) in [4.78, 5) is 17.5. The van der Waals surface area contributed by atoms with Gasteiger partial charge in [-0.2, -0.15) is 0 Å². The van der Waals surface area contributed by atoms with Crippen LogP contribution < -0.4 is 18.9 Å². The SMILES string of the molecule is O=[N+]([O-])c1cc([N+](=O)[O-])c(Cl)c(S(=O)(=O)[O-])c1.[Li+]. The van der Waals surface area contributed by atoms with Gasteiger partial charge >= 0.3 is 18.9 Å². The van der Waals surface area contributed by atoms with Crippen molar-refractivity contribution in [2.45, 2.75) is 4.90 Å². The van der Waals surface area contributed by atoms with Crippen molar-refractivity contribution < 1.29 is 41.7 Å². The van der Waals surface area contributed by atoms with Gasteiger partial charge < -0.3 is 4.55 Å². The number of rotatable bonds is 3. The van der Waals surface area contributed by atoms with Crippen LogP contribution in [0.15, 0.2) is 17.0 Å². The van der Waals surface area contributed by atoms with Gasteiger partial charge in [-0.1, -0.05) is 11.6 Å². The average molecular weight is 289 g/mol. The maximum atomic E-state index is 10.7. The Morgan fingerprint density at radius 1 is 1.11 bits per heavy atom. The molecule has 0 heterocycles. The molecule has 0 N–H and O–H groups in total. The molecule has 0 saturated heterocycles. The van der Waals surface area contributed by atoms with Crippen LogP contribution in [0.1, 0.15) is 0 Å². The van der Waals surface area contributed by atoms with Gasteiger partial charge in [0.15, 0.2) is 0 Å². The normalized spacial score (nSPS) is 10.6. The topological polar surface area (TPSA) is 143 Å². The summed E-state index contributed by atoms with van der Waals surface area (Å²) in [5, 5.41) is 19.9. The number of nitro groups is 2. The van der Waals surface area contributed by atoms with Crippen LogP contribution in [-0.2, 0) is 10.1 Å². The second-order valence-electron chi connectivity index (χ2n) is 2.75. The minimum absolute atomic E-state index is 0. The largest absolute Gasteiger partial charge is 1.00 e. The molecule has 18 heavy (non-hydrogen) atoms. The molecule has 0 spiro atoms. The Bertz CT molecular complexity index is 617. The number of non-ortho nitro benzene ring substituents is 1. The zero-order valence-corrected chi connectivity index (χ0v) is 10.3. The van der Waals surface area contributed by atoms with Crippen molar-refractivity contribution in [3.63, 3.8) is 0 Å². The molecule has 0 atom stereocenters. The van der Waals surface area contributed by atoms with E-state index in [0.29, 0.717) is 12.1 Å². The Hall–Kier alpha value is -1.18. The molecular formula is C6H2ClLiN2O7S. The van der Waals surface area contributed by atoms with Crippen LogP contribution >= 0.6 is 11.6 Å². The van der Waals surface area contributed by atoms with Gasteiger partial charge in [-0.3, -0.25) is 20.2 Å². The smallest absolute Gasteiger partial charge is 0.744 e. The predicted octanol–water partition coefficient (Wildman–Crippen LogP) is -1.94. The number of halogens is 1. The van der Waals surface area contributed by atoms with E-state index in [0.717, 1.165) is 0 Å². The van der Waals surface area contributed by atoms with Crippen LogP contribution in [0.4, 0.5) is 11.4 Å². The van der Waals surface area contributed by atoms with Crippen molar-refractivity contribution in [3.05, 3.63) is 37.4 Å². The van der Waals surface area contributed by atoms with Gasteiger partial charge in [0.1, 0.15) is 15.1 Å². The summed E-state index contributed by atoms with van der Waals surface area (Å²) < 4.78 is 32.2. The summed E-state index contributed by atoms with van der Waals surface area (Å²) in [6.07, 6.45) is 0. The molecule has 0 aliphatic carbocycles. The monoisotopic (exact) mass is 288 g/mol. The Morgan fingerprint density at radius 3 is 1.94 bits per heavy atom. The van der Waals surface area contributed by atoms with Gasteiger partial charge in [0.2, 0.25) is 0 Å². The third kappa shape index (κ3) is 3.41. The molecule has 92 valence electrons. The van der Waals surface area contributed by atoms with Gasteiger partial charge in [-0.05, 0) is 0 Å². The second kappa shape index (κ2) is 5.64. The molecule has 0 bridgehead atoms.